The molecule has 0 fully saturated rings. The van der Waals surface area contributed by atoms with Crippen LogP contribution in [0, 0.1) is 5.92 Å². The van der Waals surface area contributed by atoms with Crippen molar-refractivity contribution in [2.24, 2.45) is 5.92 Å². The maximum absolute atomic E-state index is 13.2. The van der Waals surface area contributed by atoms with Crippen LogP contribution in [0.3, 0.4) is 0 Å². The standard InChI is InChI=1S/C30H34N6O3S/c1-5-6-7-22(35-28(37)26(17(2)3)36-30(38)39-4)27-33-21-13-12-20(14-23(21)34-27)18-8-10-19(11-9-18)25-15-24-29(40-25)32-16-31-24/h8-17,22,26H,5-7H2,1-4H3,(H,31,32)(H,33,34)(H,35,37)(H,36,38). The third kappa shape index (κ3) is 5.86. The zero-order chi connectivity index (χ0) is 28.2. The van der Waals surface area contributed by atoms with Crippen LogP contribution in [0.1, 0.15) is 51.9 Å². The van der Waals surface area contributed by atoms with Crippen molar-refractivity contribution < 1.29 is 14.3 Å². The van der Waals surface area contributed by atoms with Gasteiger partial charge in [-0.25, -0.2) is 14.8 Å². The minimum Gasteiger partial charge on any atom is -0.453 e. The molecule has 208 valence electrons. The number of aromatic amines is 2. The molecule has 40 heavy (non-hydrogen) atoms. The highest BCUT2D eigenvalue weighted by Crippen LogP contribution is 2.33. The van der Waals surface area contributed by atoms with Crippen molar-refractivity contribution in [2.45, 2.75) is 52.1 Å². The number of ether oxygens (including phenoxy) is 1. The molecule has 0 spiro atoms. The van der Waals surface area contributed by atoms with Crippen molar-refractivity contribution >= 4 is 44.7 Å². The average molecular weight is 559 g/mol. The number of nitrogens with zero attached hydrogens (tertiary/aromatic N) is 2. The van der Waals surface area contributed by atoms with Crippen molar-refractivity contribution in [3.8, 4) is 21.6 Å². The van der Waals surface area contributed by atoms with Gasteiger partial charge >= 0.3 is 6.09 Å². The summed E-state index contributed by atoms with van der Waals surface area (Å²) in [5, 5.41) is 5.75. The van der Waals surface area contributed by atoms with E-state index in [1.54, 1.807) is 17.7 Å². The maximum atomic E-state index is 13.2. The van der Waals surface area contributed by atoms with E-state index in [4.69, 9.17) is 9.72 Å². The first kappa shape index (κ1) is 27.4. The highest BCUT2D eigenvalue weighted by Gasteiger charge is 2.28. The van der Waals surface area contributed by atoms with Crippen LogP contribution in [0.2, 0.25) is 0 Å². The van der Waals surface area contributed by atoms with E-state index >= 15 is 0 Å². The van der Waals surface area contributed by atoms with Crippen molar-refractivity contribution in [1.29, 1.82) is 0 Å². The fourth-order valence-corrected chi connectivity index (χ4v) is 5.72. The van der Waals surface area contributed by atoms with Gasteiger partial charge in [-0.3, -0.25) is 4.79 Å². The normalized spacial score (nSPS) is 13.0. The number of H-pyrrole nitrogens is 2. The van der Waals surface area contributed by atoms with E-state index in [0.29, 0.717) is 5.82 Å². The lowest BCUT2D eigenvalue weighted by Crippen LogP contribution is -2.50. The van der Waals surface area contributed by atoms with Crippen molar-refractivity contribution in [1.82, 2.24) is 30.6 Å². The van der Waals surface area contributed by atoms with Crippen LogP contribution in [0.4, 0.5) is 4.79 Å². The van der Waals surface area contributed by atoms with Crippen molar-refractivity contribution in [2.75, 3.05) is 7.11 Å². The first-order chi connectivity index (χ1) is 19.4. The van der Waals surface area contributed by atoms with E-state index in [1.807, 2.05) is 19.9 Å². The molecule has 10 heteroatoms. The highest BCUT2D eigenvalue weighted by atomic mass is 32.1. The molecule has 0 aliphatic carbocycles. The topological polar surface area (TPSA) is 125 Å². The summed E-state index contributed by atoms with van der Waals surface area (Å²) in [6, 6.07) is 15.8. The van der Waals surface area contributed by atoms with E-state index in [9.17, 15) is 9.59 Å². The number of imidazole rings is 2. The van der Waals surface area contributed by atoms with Crippen LogP contribution in [0.15, 0.2) is 54.9 Å². The third-order valence-corrected chi connectivity index (χ3v) is 8.11. The number of methoxy groups -OCH3 is 1. The number of aromatic nitrogens is 4. The van der Waals surface area contributed by atoms with Gasteiger partial charge in [-0.05, 0) is 47.2 Å². The molecule has 5 aromatic rings. The van der Waals surface area contributed by atoms with Gasteiger partial charge in [0.15, 0.2) is 0 Å². The molecule has 3 heterocycles. The maximum Gasteiger partial charge on any atom is 0.407 e. The van der Waals surface area contributed by atoms with E-state index < -0.39 is 12.1 Å². The number of fused-ring (bicyclic) bond motifs is 2. The van der Waals surface area contributed by atoms with Gasteiger partial charge in [-0.2, -0.15) is 0 Å². The summed E-state index contributed by atoms with van der Waals surface area (Å²) < 4.78 is 4.71. The van der Waals surface area contributed by atoms with Gasteiger partial charge in [0.1, 0.15) is 16.7 Å². The fraction of sp³-hybridized carbons (Fsp3) is 0.333. The fourth-order valence-electron chi connectivity index (χ4n) is 4.75. The summed E-state index contributed by atoms with van der Waals surface area (Å²) in [4.78, 5) is 42.9. The van der Waals surface area contributed by atoms with Crippen LogP contribution in [-0.2, 0) is 9.53 Å². The number of hydrogen-bond donors (Lipinski definition) is 4. The molecule has 0 aliphatic heterocycles. The van der Waals surface area contributed by atoms with Crippen LogP contribution in [-0.4, -0.2) is 45.1 Å². The molecule has 2 amide bonds. The minimum absolute atomic E-state index is 0.110. The zero-order valence-corrected chi connectivity index (χ0v) is 23.9. The second-order valence-electron chi connectivity index (χ2n) is 10.2. The molecule has 9 nitrogen and oxygen atoms in total. The lowest BCUT2D eigenvalue weighted by atomic mass is 10.0. The Balaban J connectivity index is 1.36. The summed E-state index contributed by atoms with van der Waals surface area (Å²) in [6.07, 6.45) is 3.72. The number of rotatable bonds is 10. The first-order valence-corrected chi connectivity index (χ1v) is 14.4. The number of carbonyl (C=O) groups excluding carboxylic acids is 2. The highest BCUT2D eigenvalue weighted by molar-refractivity contribution is 7.21. The number of unbranched alkanes of at least 4 members (excludes halogenated alkanes) is 1. The Labute approximate surface area is 236 Å². The Hall–Kier alpha value is -4.18. The molecule has 2 atom stereocenters. The number of nitrogens with one attached hydrogen (secondary N) is 4. The predicted octanol–water partition coefficient (Wildman–Crippen LogP) is 6.56. The predicted molar refractivity (Wildman–Crippen MR) is 159 cm³/mol. The van der Waals surface area contributed by atoms with Crippen molar-refractivity contribution in [3.05, 3.63) is 60.7 Å². The summed E-state index contributed by atoms with van der Waals surface area (Å²) >= 11 is 1.67. The molecule has 0 saturated heterocycles. The minimum atomic E-state index is -0.713. The molecule has 4 N–H and O–H groups in total. The number of benzene rings is 2. The van der Waals surface area contributed by atoms with Gasteiger partial charge in [0.25, 0.3) is 0 Å². The zero-order valence-electron chi connectivity index (χ0n) is 23.1. The van der Waals surface area contributed by atoms with Gasteiger partial charge in [-0.1, -0.05) is 63.9 Å². The number of hydrogen-bond acceptors (Lipinski definition) is 6. The molecule has 0 aliphatic rings. The second-order valence-corrected chi connectivity index (χ2v) is 11.3. The summed E-state index contributed by atoms with van der Waals surface area (Å²) in [5.41, 5.74) is 6.12. The first-order valence-electron chi connectivity index (χ1n) is 13.5. The molecule has 0 radical (unpaired) electrons. The Morgan fingerprint density at radius 3 is 2.45 bits per heavy atom. The molecule has 5 rings (SSSR count). The van der Waals surface area contributed by atoms with Crippen LogP contribution in [0.25, 0.3) is 42.9 Å². The van der Waals surface area contributed by atoms with Gasteiger partial charge in [0.2, 0.25) is 5.91 Å². The van der Waals surface area contributed by atoms with Crippen molar-refractivity contribution in [3.63, 3.8) is 0 Å². The molecule has 2 aromatic carbocycles. The number of carbonyl (C=O) groups is 2. The van der Waals surface area contributed by atoms with Gasteiger partial charge < -0.3 is 25.3 Å². The van der Waals surface area contributed by atoms with Crippen LogP contribution < -0.4 is 10.6 Å². The quantitative estimate of drug-likeness (QED) is 0.154. The van der Waals surface area contributed by atoms with Gasteiger partial charge in [0, 0.05) is 4.88 Å². The van der Waals surface area contributed by atoms with E-state index in [1.165, 1.54) is 12.0 Å². The smallest absolute Gasteiger partial charge is 0.407 e. The molecule has 0 saturated carbocycles. The summed E-state index contributed by atoms with van der Waals surface area (Å²) in [7, 11) is 1.29. The number of amides is 2. The lowest BCUT2D eigenvalue weighted by molar-refractivity contribution is -0.124. The molecular weight excluding hydrogens is 524 g/mol. The van der Waals surface area contributed by atoms with E-state index in [2.05, 4.69) is 75.0 Å². The van der Waals surface area contributed by atoms with Crippen LogP contribution in [0.5, 0.6) is 0 Å². The number of thiophene rings is 1. The van der Waals surface area contributed by atoms with E-state index in [-0.39, 0.29) is 17.9 Å². The SMILES string of the molecule is CCCCC(NC(=O)C(NC(=O)OC)C(C)C)c1nc2ccc(-c3ccc(-c4cc5[nH]cnc5s4)cc3)cc2[nH]1. The monoisotopic (exact) mass is 558 g/mol. The Morgan fingerprint density at radius 2 is 1.75 bits per heavy atom. The lowest BCUT2D eigenvalue weighted by Gasteiger charge is -2.24. The molecule has 2 unspecified atom stereocenters. The summed E-state index contributed by atoms with van der Waals surface area (Å²) in [6.45, 7) is 5.88. The Kier molecular flexibility index (Phi) is 8.16. The van der Waals surface area contributed by atoms with Gasteiger partial charge in [0.05, 0.1) is 36.0 Å². The van der Waals surface area contributed by atoms with E-state index in [0.717, 1.165) is 57.3 Å². The van der Waals surface area contributed by atoms with Gasteiger partial charge in [-0.15, -0.1) is 11.3 Å². The number of alkyl carbamates (subject to hydrolysis) is 1. The molecular formula is C30H34N6O3S. The van der Waals surface area contributed by atoms with Crippen LogP contribution >= 0.6 is 11.3 Å². The molecule has 0 bridgehead atoms. The largest absolute Gasteiger partial charge is 0.453 e. The Morgan fingerprint density at radius 1 is 1.00 bits per heavy atom. The molecule has 3 aromatic heterocycles. The summed E-state index contributed by atoms with van der Waals surface area (Å²) in [5.74, 6) is 0.328. The average Bonchev–Trinajstić information content (AvgIpc) is 3.68. The second kappa shape index (κ2) is 11.9. The Bertz CT molecular complexity index is 1590. The third-order valence-electron chi connectivity index (χ3n) is 7.02.